The average molecular weight is 372 g/mol. The molecule has 0 N–H and O–H groups in total. The van der Waals surface area contributed by atoms with Gasteiger partial charge in [-0.05, 0) is 41.5 Å². The van der Waals surface area contributed by atoms with Crippen molar-refractivity contribution in [2.45, 2.75) is 0 Å². The van der Waals surface area contributed by atoms with Crippen LogP contribution in [0.4, 0.5) is 11.4 Å². The Morgan fingerprint density at radius 3 is 2.14 bits per heavy atom. The normalized spacial score (nSPS) is 12.8. The van der Waals surface area contributed by atoms with Crippen molar-refractivity contribution in [1.82, 2.24) is 4.98 Å². The monoisotopic (exact) mass is 372 g/mol. The first kappa shape index (κ1) is 16.0. The fourth-order valence-corrected chi connectivity index (χ4v) is 4.25. The van der Waals surface area contributed by atoms with Crippen LogP contribution < -0.4 is 4.90 Å². The van der Waals surface area contributed by atoms with E-state index in [-0.39, 0.29) is 5.91 Å². The second-order valence-electron chi connectivity index (χ2n) is 7.24. The molecule has 4 aromatic carbocycles. The van der Waals surface area contributed by atoms with Crippen LogP contribution in [0.2, 0.25) is 0 Å². The first-order valence-corrected chi connectivity index (χ1v) is 9.63. The third kappa shape index (κ3) is 2.31. The van der Waals surface area contributed by atoms with E-state index in [4.69, 9.17) is 4.98 Å². The van der Waals surface area contributed by atoms with Crippen molar-refractivity contribution >= 4 is 39.1 Å². The van der Waals surface area contributed by atoms with E-state index in [0.717, 1.165) is 49.9 Å². The summed E-state index contributed by atoms with van der Waals surface area (Å²) in [5.41, 5.74) is 6.35. The first-order chi connectivity index (χ1) is 14.3. The summed E-state index contributed by atoms with van der Waals surface area (Å²) in [6.07, 6.45) is 0. The van der Waals surface area contributed by atoms with Gasteiger partial charge in [-0.15, -0.1) is 0 Å². The average Bonchev–Trinajstić information content (AvgIpc) is 3.08. The molecule has 1 aliphatic rings. The molecule has 0 unspecified atom stereocenters. The molecule has 3 nitrogen and oxygen atoms in total. The summed E-state index contributed by atoms with van der Waals surface area (Å²) in [4.78, 5) is 20.4. The molecule has 29 heavy (non-hydrogen) atoms. The standard InChI is InChI=1S/C26H16N2O/c29-26-24-20-13-7-8-14-21(20)27-22-15-18(17-9-3-1-4-10-17)16-23(25(22)24)28(26)19-11-5-2-6-12-19/h1-16H. The molecular weight excluding hydrogens is 356 g/mol. The topological polar surface area (TPSA) is 33.2 Å². The number of aromatic nitrogens is 1. The lowest BCUT2D eigenvalue weighted by Crippen LogP contribution is -2.20. The van der Waals surface area contributed by atoms with Crippen LogP contribution in [0.15, 0.2) is 97.1 Å². The minimum Gasteiger partial charge on any atom is -0.276 e. The lowest BCUT2D eigenvalue weighted by Gasteiger charge is -2.18. The lowest BCUT2D eigenvalue weighted by molar-refractivity contribution is 0.101. The zero-order chi connectivity index (χ0) is 19.4. The highest BCUT2D eigenvalue weighted by Gasteiger charge is 2.34. The van der Waals surface area contributed by atoms with Crippen LogP contribution in [-0.4, -0.2) is 10.9 Å². The van der Waals surface area contributed by atoms with Crippen LogP contribution in [0.25, 0.3) is 32.9 Å². The molecule has 3 heteroatoms. The van der Waals surface area contributed by atoms with E-state index in [9.17, 15) is 4.79 Å². The number of benzene rings is 4. The summed E-state index contributed by atoms with van der Waals surface area (Å²) < 4.78 is 0. The zero-order valence-electron chi connectivity index (χ0n) is 15.5. The van der Waals surface area contributed by atoms with Crippen LogP contribution >= 0.6 is 0 Å². The molecule has 1 aliphatic heterocycles. The Bertz CT molecular complexity index is 1410. The number of carbonyl (C=O) groups excluding carboxylic acids is 1. The van der Waals surface area contributed by atoms with Crippen LogP contribution in [0.3, 0.4) is 0 Å². The largest absolute Gasteiger partial charge is 0.276 e. The number of fused-ring (bicyclic) bond motifs is 2. The van der Waals surface area contributed by atoms with Crippen LogP contribution in [0.1, 0.15) is 10.4 Å². The minimum absolute atomic E-state index is 0.0000108. The number of pyridine rings is 1. The molecule has 1 aromatic heterocycles. The minimum atomic E-state index is 0.0000108. The molecular formula is C26H16N2O. The highest BCUT2D eigenvalue weighted by molar-refractivity contribution is 6.32. The summed E-state index contributed by atoms with van der Waals surface area (Å²) in [5, 5.41) is 1.83. The Hall–Kier alpha value is -3.98. The number of para-hydroxylation sites is 2. The summed E-state index contributed by atoms with van der Waals surface area (Å²) in [5.74, 6) is 0.0000108. The van der Waals surface area contributed by atoms with Gasteiger partial charge in [0.15, 0.2) is 0 Å². The molecule has 0 atom stereocenters. The van der Waals surface area contributed by atoms with Crippen molar-refractivity contribution in [3.8, 4) is 11.1 Å². The van der Waals surface area contributed by atoms with Crippen molar-refractivity contribution in [1.29, 1.82) is 0 Å². The molecule has 0 spiro atoms. The summed E-state index contributed by atoms with van der Waals surface area (Å²) in [7, 11) is 0. The molecule has 0 radical (unpaired) electrons. The molecule has 0 fully saturated rings. The van der Waals surface area contributed by atoms with Gasteiger partial charge in [-0.1, -0.05) is 66.7 Å². The van der Waals surface area contributed by atoms with E-state index >= 15 is 0 Å². The second kappa shape index (κ2) is 6.01. The Balaban J connectivity index is 1.74. The number of rotatable bonds is 2. The van der Waals surface area contributed by atoms with E-state index in [1.54, 1.807) is 0 Å². The maximum atomic E-state index is 13.6. The summed E-state index contributed by atoms with van der Waals surface area (Å²) in [6, 6.07) is 32.1. The molecule has 6 rings (SSSR count). The van der Waals surface area contributed by atoms with Crippen LogP contribution in [0, 0.1) is 0 Å². The van der Waals surface area contributed by atoms with Gasteiger partial charge in [0.1, 0.15) is 0 Å². The van der Waals surface area contributed by atoms with E-state index in [1.807, 2.05) is 77.7 Å². The second-order valence-corrected chi connectivity index (χ2v) is 7.24. The third-order valence-corrected chi connectivity index (χ3v) is 5.54. The van der Waals surface area contributed by atoms with Crippen molar-refractivity contribution < 1.29 is 4.79 Å². The van der Waals surface area contributed by atoms with Crippen LogP contribution in [-0.2, 0) is 0 Å². The number of amides is 1. The van der Waals surface area contributed by atoms with E-state index in [1.165, 1.54) is 0 Å². The van der Waals surface area contributed by atoms with Gasteiger partial charge in [0.05, 0.1) is 22.3 Å². The molecule has 1 amide bonds. The van der Waals surface area contributed by atoms with Gasteiger partial charge in [0, 0.05) is 16.5 Å². The fraction of sp³-hybridized carbons (Fsp3) is 0. The highest BCUT2D eigenvalue weighted by Crippen LogP contribution is 2.45. The van der Waals surface area contributed by atoms with Crippen molar-refractivity contribution in [3.05, 3.63) is 103 Å². The predicted octanol–water partition coefficient (Wildman–Crippen LogP) is 6.35. The van der Waals surface area contributed by atoms with Gasteiger partial charge in [-0.2, -0.15) is 0 Å². The van der Waals surface area contributed by atoms with E-state index in [0.29, 0.717) is 0 Å². The number of carbonyl (C=O) groups is 1. The van der Waals surface area contributed by atoms with Gasteiger partial charge in [-0.25, -0.2) is 4.98 Å². The van der Waals surface area contributed by atoms with E-state index < -0.39 is 0 Å². The third-order valence-electron chi connectivity index (χ3n) is 5.54. The van der Waals surface area contributed by atoms with Gasteiger partial charge < -0.3 is 0 Å². The lowest BCUT2D eigenvalue weighted by atomic mass is 9.99. The molecule has 0 saturated heterocycles. The van der Waals surface area contributed by atoms with Gasteiger partial charge in [-0.3, -0.25) is 9.69 Å². The Morgan fingerprint density at radius 2 is 1.34 bits per heavy atom. The number of nitrogens with zero attached hydrogens (tertiary/aromatic N) is 2. The van der Waals surface area contributed by atoms with Gasteiger partial charge in [0.25, 0.3) is 5.91 Å². The molecule has 2 heterocycles. The zero-order valence-corrected chi connectivity index (χ0v) is 15.5. The molecule has 0 saturated carbocycles. The Morgan fingerprint density at radius 1 is 0.655 bits per heavy atom. The van der Waals surface area contributed by atoms with Crippen LogP contribution in [0.5, 0.6) is 0 Å². The summed E-state index contributed by atoms with van der Waals surface area (Å²) in [6.45, 7) is 0. The van der Waals surface area contributed by atoms with Crippen molar-refractivity contribution in [2.24, 2.45) is 0 Å². The summed E-state index contributed by atoms with van der Waals surface area (Å²) >= 11 is 0. The SMILES string of the molecule is O=C1c2c3ccccc3nc3cc(-c4ccccc4)cc(c23)N1c1ccccc1. The van der Waals surface area contributed by atoms with Gasteiger partial charge >= 0.3 is 0 Å². The van der Waals surface area contributed by atoms with Crippen molar-refractivity contribution in [3.63, 3.8) is 0 Å². The van der Waals surface area contributed by atoms with Crippen molar-refractivity contribution in [2.75, 3.05) is 4.90 Å². The number of anilines is 2. The number of hydrogen-bond donors (Lipinski definition) is 0. The Labute approximate surface area is 167 Å². The quantitative estimate of drug-likeness (QED) is 0.338. The van der Waals surface area contributed by atoms with E-state index in [2.05, 4.69) is 24.3 Å². The predicted molar refractivity (Wildman–Crippen MR) is 118 cm³/mol. The maximum Gasteiger partial charge on any atom is 0.264 e. The molecule has 0 bridgehead atoms. The Kier molecular flexibility index (Phi) is 3.32. The smallest absolute Gasteiger partial charge is 0.264 e. The molecule has 0 aliphatic carbocycles. The molecule has 5 aromatic rings. The highest BCUT2D eigenvalue weighted by atomic mass is 16.2. The van der Waals surface area contributed by atoms with Gasteiger partial charge in [0.2, 0.25) is 0 Å². The fourth-order valence-electron chi connectivity index (χ4n) is 4.25. The number of hydrogen-bond acceptors (Lipinski definition) is 2. The maximum absolute atomic E-state index is 13.6. The first-order valence-electron chi connectivity index (χ1n) is 9.63. The molecule has 136 valence electrons.